The van der Waals surface area contributed by atoms with Gasteiger partial charge in [-0.25, -0.2) is 4.79 Å². The first-order valence-corrected chi connectivity index (χ1v) is 8.40. The van der Waals surface area contributed by atoms with Crippen LogP contribution in [0, 0.1) is 0 Å². The van der Waals surface area contributed by atoms with Gasteiger partial charge in [-0.3, -0.25) is 9.78 Å². The number of nitrogens with zero attached hydrogens (tertiary/aromatic N) is 2. The van der Waals surface area contributed by atoms with Crippen molar-refractivity contribution in [3.63, 3.8) is 0 Å². The molecule has 0 bridgehead atoms. The van der Waals surface area contributed by atoms with Gasteiger partial charge in [0.1, 0.15) is 5.60 Å². The first kappa shape index (κ1) is 17.7. The maximum Gasteiger partial charge on any atom is 0.407 e. The van der Waals surface area contributed by atoms with Gasteiger partial charge in [0.25, 0.3) is 0 Å². The van der Waals surface area contributed by atoms with Gasteiger partial charge in [0.2, 0.25) is 5.91 Å². The Balaban J connectivity index is 1.81. The molecule has 1 aromatic heterocycles. The average Bonchev–Trinajstić information content (AvgIpc) is 2.87. The number of carbonyl (C=O) groups is 2. The van der Waals surface area contributed by atoms with E-state index in [4.69, 9.17) is 4.74 Å². The lowest BCUT2D eigenvalue weighted by atomic mass is 10.2. The van der Waals surface area contributed by atoms with E-state index in [9.17, 15) is 9.59 Å². The van der Waals surface area contributed by atoms with Crippen molar-refractivity contribution in [2.45, 2.75) is 45.3 Å². The molecular weight excluding hydrogens is 362 g/mol. The fraction of sp³-hybridized carbons (Fsp3) is 0.562. The Kier molecular flexibility index (Phi) is 5.62. The standard InChI is InChI=1S/C16H22BrN3O3/c1-16(2,3)23-15(22)19-13-6-7-20(10-13)14(21)8-12-5-4-11(17)9-18-12/h4-5,9,13H,6-8,10H2,1-3H3,(H,19,22)/t13-/m1/s1. The third-order valence-corrected chi connectivity index (χ3v) is 3.85. The summed E-state index contributed by atoms with van der Waals surface area (Å²) in [4.78, 5) is 30.0. The summed E-state index contributed by atoms with van der Waals surface area (Å²) in [6.07, 6.45) is 2.25. The van der Waals surface area contributed by atoms with Gasteiger partial charge in [0.15, 0.2) is 0 Å². The number of pyridine rings is 1. The summed E-state index contributed by atoms with van der Waals surface area (Å²) >= 11 is 3.32. The van der Waals surface area contributed by atoms with Crippen molar-refractivity contribution >= 4 is 27.9 Å². The number of hydrogen-bond donors (Lipinski definition) is 1. The molecule has 7 heteroatoms. The quantitative estimate of drug-likeness (QED) is 0.870. The van der Waals surface area contributed by atoms with Gasteiger partial charge in [0, 0.05) is 29.5 Å². The summed E-state index contributed by atoms with van der Waals surface area (Å²) in [6, 6.07) is 3.63. The minimum absolute atomic E-state index is 0.0216. The number of carbonyl (C=O) groups excluding carboxylic acids is 2. The monoisotopic (exact) mass is 383 g/mol. The lowest BCUT2D eigenvalue weighted by Crippen LogP contribution is -2.41. The minimum atomic E-state index is -0.522. The Morgan fingerprint density at radius 1 is 1.43 bits per heavy atom. The molecule has 1 aliphatic heterocycles. The van der Waals surface area contributed by atoms with Crippen LogP contribution in [-0.2, 0) is 16.0 Å². The van der Waals surface area contributed by atoms with E-state index in [1.165, 1.54) is 0 Å². The summed E-state index contributed by atoms with van der Waals surface area (Å²) in [5.74, 6) is 0.0216. The topological polar surface area (TPSA) is 71.5 Å². The van der Waals surface area contributed by atoms with E-state index in [0.29, 0.717) is 13.1 Å². The molecule has 0 radical (unpaired) electrons. The highest BCUT2D eigenvalue weighted by molar-refractivity contribution is 9.10. The fourth-order valence-corrected chi connectivity index (χ4v) is 2.59. The number of likely N-dealkylation sites (tertiary alicyclic amines) is 1. The number of aromatic nitrogens is 1. The molecule has 0 saturated carbocycles. The molecule has 1 atom stereocenters. The first-order valence-electron chi connectivity index (χ1n) is 7.60. The third-order valence-electron chi connectivity index (χ3n) is 3.38. The summed E-state index contributed by atoms with van der Waals surface area (Å²) in [7, 11) is 0. The van der Waals surface area contributed by atoms with E-state index < -0.39 is 11.7 Å². The zero-order valence-corrected chi connectivity index (χ0v) is 15.2. The predicted octanol–water partition coefficient (Wildman–Crippen LogP) is 2.51. The number of nitrogens with one attached hydrogen (secondary N) is 1. The van der Waals surface area contributed by atoms with Gasteiger partial charge >= 0.3 is 6.09 Å². The summed E-state index contributed by atoms with van der Waals surface area (Å²) in [6.45, 7) is 6.61. The largest absolute Gasteiger partial charge is 0.444 e. The lowest BCUT2D eigenvalue weighted by molar-refractivity contribution is -0.129. The second-order valence-corrected chi connectivity index (χ2v) is 7.53. The number of rotatable bonds is 3. The molecule has 1 fully saturated rings. The summed E-state index contributed by atoms with van der Waals surface area (Å²) < 4.78 is 6.12. The van der Waals surface area contributed by atoms with Gasteiger partial charge in [-0.2, -0.15) is 0 Å². The number of alkyl carbamates (subject to hydrolysis) is 1. The molecule has 2 heterocycles. The van der Waals surface area contributed by atoms with Crippen LogP contribution in [0.25, 0.3) is 0 Å². The molecule has 1 aliphatic rings. The molecule has 126 valence electrons. The molecule has 1 N–H and O–H groups in total. The first-order chi connectivity index (χ1) is 10.7. The molecule has 0 spiro atoms. The number of halogens is 1. The minimum Gasteiger partial charge on any atom is -0.444 e. The van der Waals surface area contributed by atoms with E-state index in [1.807, 2.05) is 32.9 Å². The van der Waals surface area contributed by atoms with Crippen LogP contribution in [0.5, 0.6) is 0 Å². The number of hydrogen-bond acceptors (Lipinski definition) is 4. The van der Waals surface area contributed by atoms with Crippen LogP contribution in [0.3, 0.4) is 0 Å². The van der Waals surface area contributed by atoms with E-state index >= 15 is 0 Å². The molecule has 0 aliphatic carbocycles. The van der Waals surface area contributed by atoms with Gasteiger partial charge in [0.05, 0.1) is 12.5 Å². The van der Waals surface area contributed by atoms with Crippen molar-refractivity contribution in [1.82, 2.24) is 15.2 Å². The lowest BCUT2D eigenvalue weighted by Gasteiger charge is -2.22. The van der Waals surface area contributed by atoms with Crippen LogP contribution in [0.2, 0.25) is 0 Å². The van der Waals surface area contributed by atoms with Crippen LogP contribution < -0.4 is 5.32 Å². The van der Waals surface area contributed by atoms with Crippen molar-refractivity contribution in [3.8, 4) is 0 Å². The normalized spacial score (nSPS) is 17.9. The van der Waals surface area contributed by atoms with Crippen LogP contribution >= 0.6 is 15.9 Å². The molecule has 2 rings (SSSR count). The Labute approximate surface area is 144 Å². The molecule has 1 saturated heterocycles. The number of amides is 2. The van der Waals surface area contributed by atoms with E-state index in [2.05, 4.69) is 26.2 Å². The van der Waals surface area contributed by atoms with Crippen molar-refractivity contribution < 1.29 is 14.3 Å². The summed E-state index contributed by atoms with van der Waals surface area (Å²) in [5.41, 5.74) is 0.215. The van der Waals surface area contributed by atoms with Crippen LogP contribution in [0.15, 0.2) is 22.8 Å². The predicted molar refractivity (Wildman–Crippen MR) is 90.0 cm³/mol. The Bertz CT molecular complexity index is 569. The second kappa shape index (κ2) is 7.29. The molecule has 2 amide bonds. The third kappa shape index (κ3) is 5.82. The zero-order valence-electron chi connectivity index (χ0n) is 13.6. The Hall–Kier alpha value is -1.63. The van der Waals surface area contributed by atoms with Crippen molar-refractivity contribution in [2.24, 2.45) is 0 Å². The molecule has 6 nitrogen and oxygen atoms in total. The SMILES string of the molecule is CC(C)(C)OC(=O)N[C@@H]1CCN(C(=O)Cc2ccc(Br)cn2)C1. The van der Waals surface area contributed by atoms with E-state index in [0.717, 1.165) is 16.6 Å². The average molecular weight is 384 g/mol. The molecule has 0 unspecified atom stereocenters. The van der Waals surface area contributed by atoms with Gasteiger partial charge in [-0.05, 0) is 55.3 Å². The van der Waals surface area contributed by atoms with E-state index in [-0.39, 0.29) is 18.4 Å². The maximum atomic E-state index is 12.3. The van der Waals surface area contributed by atoms with Crippen LogP contribution in [-0.4, -0.2) is 46.6 Å². The number of ether oxygens (including phenoxy) is 1. The molecule has 0 aromatic carbocycles. The molecule has 1 aromatic rings. The smallest absolute Gasteiger partial charge is 0.407 e. The van der Waals surface area contributed by atoms with Crippen LogP contribution in [0.4, 0.5) is 4.79 Å². The van der Waals surface area contributed by atoms with Gasteiger partial charge < -0.3 is 15.0 Å². The van der Waals surface area contributed by atoms with Gasteiger partial charge in [-0.15, -0.1) is 0 Å². The molecule has 23 heavy (non-hydrogen) atoms. The Morgan fingerprint density at radius 3 is 2.78 bits per heavy atom. The second-order valence-electron chi connectivity index (χ2n) is 6.62. The van der Waals surface area contributed by atoms with E-state index in [1.54, 1.807) is 11.1 Å². The maximum absolute atomic E-state index is 12.3. The fourth-order valence-electron chi connectivity index (χ4n) is 2.36. The zero-order chi connectivity index (χ0) is 17.0. The highest BCUT2D eigenvalue weighted by Gasteiger charge is 2.28. The van der Waals surface area contributed by atoms with Crippen molar-refractivity contribution in [1.29, 1.82) is 0 Å². The van der Waals surface area contributed by atoms with Crippen molar-refractivity contribution in [2.75, 3.05) is 13.1 Å². The van der Waals surface area contributed by atoms with Crippen molar-refractivity contribution in [3.05, 3.63) is 28.5 Å². The van der Waals surface area contributed by atoms with Crippen LogP contribution in [0.1, 0.15) is 32.9 Å². The Morgan fingerprint density at radius 2 is 2.17 bits per heavy atom. The summed E-state index contributed by atoms with van der Waals surface area (Å²) in [5, 5.41) is 2.81. The van der Waals surface area contributed by atoms with Gasteiger partial charge in [-0.1, -0.05) is 0 Å². The highest BCUT2D eigenvalue weighted by Crippen LogP contribution is 2.14. The molecular formula is C16H22BrN3O3. The highest BCUT2D eigenvalue weighted by atomic mass is 79.9.